The average Bonchev–Trinajstić information content (AvgIpc) is 3.66. The smallest absolute Gasteiger partial charge is 0.164 e. The van der Waals surface area contributed by atoms with Crippen LogP contribution in [0.5, 0.6) is 0 Å². The molecule has 4 nitrogen and oxygen atoms in total. The lowest BCUT2D eigenvalue weighted by Crippen LogP contribution is -2.15. The van der Waals surface area contributed by atoms with Crippen molar-refractivity contribution < 1.29 is 4.42 Å². The summed E-state index contributed by atoms with van der Waals surface area (Å²) in [6, 6.07) is 53.1. The summed E-state index contributed by atoms with van der Waals surface area (Å²) in [5, 5.41) is 4.34. The summed E-state index contributed by atoms with van der Waals surface area (Å²) in [6.07, 6.45) is 0. The third-order valence-electron chi connectivity index (χ3n) is 10.3. The van der Waals surface area contributed by atoms with Crippen LogP contribution in [-0.2, 0) is 5.41 Å². The van der Waals surface area contributed by atoms with Crippen LogP contribution in [-0.4, -0.2) is 15.0 Å². The monoisotopic (exact) mass is 641 g/mol. The van der Waals surface area contributed by atoms with Gasteiger partial charge in [-0.3, -0.25) is 0 Å². The number of nitrogens with zero attached hydrogens (tertiary/aromatic N) is 3. The number of para-hydroxylation sites is 1. The fourth-order valence-electron chi connectivity index (χ4n) is 7.75. The van der Waals surface area contributed by atoms with Crippen molar-refractivity contribution in [2.45, 2.75) is 19.3 Å². The van der Waals surface area contributed by atoms with Crippen LogP contribution in [0.2, 0.25) is 0 Å². The number of hydrogen-bond donors (Lipinski definition) is 0. The maximum absolute atomic E-state index is 6.49. The van der Waals surface area contributed by atoms with Gasteiger partial charge in [0.15, 0.2) is 17.5 Å². The number of aromatic nitrogens is 3. The second kappa shape index (κ2) is 10.8. The van der Waals surface area contributed by atoms with Crippen LogP contribution < -0.4 is 0 Å². The van der Waals surface area contributed by atoms with Gasteiger partial charge in [-0.25, -0.2) is 15.0 Å². The Bertz CT molecular complexity index is 2790. The van der Waals surface area contributed by atoms with Crippen molar-refractivity contribution in [1.29, 1.82) is 0 Å². The van der Waals surface area contributed by atoms with Gasteiger partial charge in [0.05, 0.1) is 0 Å². The van der Waals surface area contributed by atoms with Crippen LogP contribution in [0.3, 0.4) is 0 Å². The van der Waals surface area contributed by atoms with E-state index in [0.717, 1.165) is 55.1 Å². The number of furan rings is 1. The van der Waals surface area contributed by atoms with Crippen LogP contribution >= 0.6 is 0 Å². The molecule has 0 fully saturated rings. The quantitative estimate of drug-likeness (QED) is 0.192. The molecule has 9 aromatic rings. The second-order valence-corrected chi connectivity index (χ2v) is 13.7. The van der Waals surface area contributed by atoms with Gasteiger partial charge < -0.3 is 4.42 Å². The Morgan fingerprint density at radius 2 is 1.08 bits per heavy atom. The molecule has 10 rings (SSSR count). The summed E-state index contributed by atoms with van der Waals surface area (Å²) in [5.74, 6) is 1.87. The molecule has 1 aliphatic carbocycles. The Kier molecular flexibility index (Phi) is 6.19. The zero-order chi connectivity index (χ0) is 33.4. The fraction of sp³-hybridized carbons (Fsp3) is 0.0652. The van der Waals surface area contributed by atoms with Gasteiger partial charge in [-0.2, -0.15) is 0 Å². The summed E-state index contributed by atoms with van der Waals surface area (Å²) in [4.78, 5) is 15.7. The van der Waals surface area contributed by atoms with Gasteiger partial charge in [0, 0.05) is 32.9 Å². The zero-order valence-corrected chi connectivity index (χ0v) is 27.7. The van der Waals surface area contributed by atoms with E-state index >= 15 is 0 Å². The van der Waals surface area contributed by atoms with Crippen molar-refractivity contribution >= 4 is 32.7 Å². The minimum Gasteiger partial charge on any atom is -0.456 e. The molecule has 7 aromatic carbocycles. The van der Waals surface area contributed by atoms with Gasteiger partial charge in [-0.15, -0.1) is 0 Å². The first-order valence-corrected chi connectivity index (χ1v) is 17.0. The standard InChI is InChI=1S/C46H31N3O/c1-46(2)38-18-10-8-16-34(38)35-23-22-32(26-39(35)46)44-47-43(31-21-20-29-14-6-7-15-30(29)24-31)48-45(49-44)37-25-33(28-12-4-3-5-13-28)27-41-42(37)36-17-9-11-19-40(36)50-41/h3-27H,1-2H3. The zero-order valence-electron chi connectivity index (χ0n) is 27.7. The fourth-order valence-corrected chi connectivity index (χ4v) is 7.75. The molecule has 4 heteroatoms. The van der Waals surface area contributed by atoms with Crippen molar-refractivity contribution in [3.8, 4) is 56.4 Å². The lowest BCUT2D eigenvalue weighted by molar-refractivity contribution is 0.660. The van der Waals surface area contributed by atoms with Crippen LogP contribution in [0, 0.1) is 0 Å². The predicted octanol–water partition coefficient (Wildman–Crippen LogP) is 11.9. The molecule has 0 saturated carbocycles. The molecule has 0 unspecified atom stereocenters. The van der Waals surface area contributed by atoms with Crippen molar-refractivity contribution in [2.75, 3.05) is 0 Å². The molecule has 0 spiro atoms. The molecule has 0 N–H and O–H groups in total. The SMILES string of the molecule is CC1(C)c2ccccc2-c2ccc(-c3nc(-c4ccc5ccccc5c4)nc(-c4cc(-c5ccccc5)cc5oc6ccccc6c45)n3)cc21. The Hall–Kier alpha value is -6.39. The molecule has 1 aliphatic rings. The highest BCUT2D eigenvalue weighted by Crippen LogP contribution is 2.49. The minimum atomic E-state index is -0.148. The molecule has 0 atom stereocenters. The van der Waals surface area contributed by atoms with Crippen molar-refractivity contribution in [3.63, 3.8) is 0 Å². The summed E-state index contributed by atoms with van der Waals surface area (Å²) in [5.41, 5.74) is 11.6. The van der Waals surface area contributed by atoms with E-state index in [1.54, 1.807) is 0 Å². The van der Waals surface area contributed by atoms with E-state index in [1.165, 1.54) is 27.6 Å². The first kappa shape index (κ1) is 28.6. The van der Waals surface area contributed by atoms with Gasteiger partial charge in [0.25, 0.3) is 0 Å². The number of hydrogen-bond acceptors (Lipinski definition) is 4. The number of benzene rings is 7. The molecular weight excluding hydrogens is 611 g/mol. The van der Waals surface area contributed by atoms with Gasteiger partial charge >= 0.3 is 0 Å². The Morgan fingerprint density at radius 3 is 1.94 bits per heavy atom. The molecule has 0 aliphatic heterocycles. The van der Waals surface area contributed by atoms with Crippen molar-refractivity contribution in [3.05, 3.63) is 163 Å². The highest BCUT2D eigenvalue weighted by molar-refractivity contribution is 6.13. The normalized spacial score (nSPS) is 13.2. The van der Waals surface area contributed by atoms with Crippen LogP contribution in [0.4, 0.5) is 0 Å². The van der Waals surface area contributed by atoms with Crippen molar-refractivity contribution in [1.82, 2.24) is 15.0 Å². The van der Waals surface area contributed by atoms with E-state index in [0.29, 0.717) is 17.5 Å². The number of rotatable bonds is 4. The summed E-state index contributed by atoms with van der Waals surface area (Å²) >= 11 is 0. The summed E-state index contributed by atoms with van der Waals surface area (Å²) in [7, 11) is 0. The molecule has 2 aromatic heterocycles. The highest BCUT2D eigenvalue weighted by Gasteiger charge is 2.35. The average molecular weight is 642 g/mol. The molecule has 0 bridgehead atoms. The number of fused-ring (bicyclic) bond motifs is 7. The molecule has 0 radical (unpaired) electrons. The molecular formula is C46H31N3O. The van der Waals surface area contributed by atoms with Gasteiger partial charge in [0.2, 0.25) is 0 Å². The maximum atomic E-state index is 6.49. The largest absolute Gasteiger partial charge is 0.456 e. The summed E-state index contributed by atoms with van der Waals surface area (Å²) < 4.78 is 6.49. The Labute approximate surface area is 289 Å². The predicted molar refractivity (Wildman–Crippen MR) is 204 cm³/mol. The molecule has 236 valence electrons. The molecule has 0 amide bonds. The van der Waals surface area contributed by atoms with Crippen molar-refractivity contribution in [2.24, 2.45) is 0 Å². The Morgan fingerprint density at radius 1 is 0.420 bits per heavy atom. The van der Waals surface area contributed by atoms with E-state index < -0.39 is 0 Å². The highest BCUT2D eigenvalue weighted by atomic mass is 16.3. The lowest BCUT2D eigenvalue weighted by atomic mass is 9.82. The first-order chi connectivity index (χ1) is 24.5. The van der Waals surface area contributed by atoms with Gasteiger partial charge in [-0.1, -0.05) is 135 Å². The van der Waals surface area contributed by atoms with Crippen LogP contribution in [0.15, 0.2) is 156 Å². The van der Waals surface area contributed by atoms with E-state index in [2.05, 4.69) is 147 Å². The van der Waals surface area contributed by atoms with Gasteiger partial charge in [0.1, 0.15) is 11.2 Å². The topological polar surface area (TPSA) is 51.8 Å². The molecule has 2 heterocycles. The van der Waals surface area contributed by atoms with Gasteiger partial charge in [-0.05, 0) is 74.5 Å². The second-order valence-electron chi connectivity index (χ2n) is 13.7. The Balaban J connectivity index is 1.25. The van der Waals surface area contributed by atoms with E-state index in [1.807, 2.05) is 18.2 Å². The third-order valence-corrected chi connectivity index (χ3v) is 10.3. The molecule has 0 saturated heterocycles. The van der Waals surface area contributed by atoms with E-state index in [9.17, 15) is 0 Å². The van der Waals surface area contributed by atoms with Crippen LogP contribution in [0.25, 0.3) is 89.1 Å². The first-order valence-electron chi connectivity index (χ1n) is 17.0. The minimum absolute atomic E-state index is 0.148. The van der Waals surface area contributed by atoms with E-state index in [-0.39, 0.29) is 5.41 Å². The third kappa shape index (κ3) is 4.42. The van der Waals surface area contributed by atoms with Crippen LogP contribution in [0.1, 0.15) is 25.0 Å². The summed E-state index contributed by atoms with van der Waals surface area (Å²) in [6.45, 7) is 4.60. The molecule has 50 heavy (non-hydrogen) atoms. The lowest BCUT2D eigenvalue weighted by Gasteiger charge is -2.21. The van der Waals surface area contributed by atoms with E-state index in [4.69, 9.17) is 19.4 Å². The maximum Gasteiger partial charge on any atom is 0.164 e.